The summed E-state index contributed by atoms with van der Waals surface area (Å²) in [6.07, 6.45) is 11.2. The van der Waals surface area contributed by atoms with Crippen LogP contribution < -0.4 is 16.2 Å². The number of anilines is 1. The predicted octanol–water partition coefficient (Wildman–Crippen LogP) is 5.93. The van der Waals surface area contributed by atoms with Gasteiger partial charge in [-0.1, -0.05) is 30.3 Å². The van der Waals surface area contributed by atoms with Gasteiger partial charge in [0.25, 0.3) is 5.56 Å². The highest BCUT2D eigenvalue weighted by atomic mass is 19.1. The van der Waals surface area contributed by atoms with Crippen LogP contribution in [-0.4, -0.2) is 90.6 Å². The third-order valence-corrected chi connectivity index (χ3v) is 13.3. The fraction of sp³-hybridized carbons (Fsp3) is 0.457. The summed E-state index contributed by atoms with van der Waals surface area (Å²) in [7, 11) is 1.93. The van der Waals surface area contributed by atoms with E-state index < -0.39 is 11.7 Å². The fourth-order valence-corrected chi connectivity index (χ4v) is 9.93. The van der Waals surface area contributed by atoms with E-state index in [-0.39, 0.29) is 40.9 Å². The van der Waals surface area contributed by atoms with Crippen LogP contribution in [0.15, 0.2) is 77.9 Å². The summed E-state index contributed by atoms with van der Waals surface area (Å²) in [5.41, 5.74) is 4.26. The number of halogens is 1. The van der Waals surface area contributed by atoms with E-state index in [0.717, 1.165) is 101 Å². The molecular formula is C46H52FN9O4. The number of amides is 3. The van der Waals surface area contributed by atoms with Gasteiger partial charge >= 0.3 is 0 Å². The lowest BCUT2D eigenvalue weighted by atomic mass is 9.84. The highest BCUT2D eigenvalue weighted by molar-refractivity contribution is 6.02. The van der Waals surface area contributed by atoms with Gasteiger partial charge in [0, 0.05) is 74.0 Å². The van der Waals surface area contributed by atoms with Crippen molar-refractivity contribution < 1.29 is 18.8 Å². The molecule has 13 nitrogen and oxygen atoms in total. The maximum absolute atomic E-state index is 15.0. The van der Waals surface area contributed by atoms with E-state index in [4.69, 9.17) is 5.10 Å². The number of imide groups is 1. The summed E-state index contributed by atoms with van der Waals surface area (Å²) >= 11 is 0. The summed E-state index contributed by atoms with van der Waals surface area (Å²) < 4.78 is 18.4. The van der Waals surface area contributed by atoms with Crippen molar-refractivity contribution in [3.05, 3.63) is 100 Å². The number of aryl methyl sites for hydroxylation is 1. The Hall–Kier alpha value is -5.76. The van der Waals surface area contributed by atoms with Gasteiger partial charge in [-0.3, -0.25) is 33.7 Å². The van der Waals surface area contributed by atoms with Gasteiger partial charge in [-0.15, -0.1) is 0 Å². The van der Waals surface area contributed by atoms with Crippen LogP contribution in [0.5, 0.6) is 0 Å². The highest BCUT2D eigenvalue weighted by Gasteiger charge is 2.34. The quantitative estimate of drug-likeness (QED) is 0.173. The minimum Gasteiger partial charge on any atom is -0.351 e. The number of benzene rings is 2. The smallest absolute Gasteiger partial charge is 0.255 e. The lowest BCUT2D eigenvalue weighted by Crippen LogP contribution is -2.45. The molecule has 60 heavy (non-hydrogen) atoms. The zero-order valence-electron chi connectivity index (χ0n) is 34.1. The first kappa shape index (κ1) is 39.7. The SMILES string of the molecule is Cn1nc([C@H]2CCC(=O)NC2=O)c2ccc(C3CCN(CC4CCN(C(=O)C5CCC(Nc6ncc(F)c(-c7cccc(-n8ccccc8=O)c7)n6)CC5)CC4)CC3)cc21. The summed E-state index contributed by atoms with van der Waals surface area (Å²) in [6.45, 7) is 4.82. The van der Waals surface area contributed by atoms with Crippen LogP contribution in [0, 0.1) is 17.7 Å². The summed E-state index contributed by atoms with van der Waals surface area (Å²) in [4.78, 5) is 63.8. The Labute approximate surface area is 348 Å². The topological polar surface area (TPSA) is 147 Å². The zero-order valence-corrected chi connectivity index (χ0v) is 34.1. The number of nitrogens with zero attached hydrogens (tertiary/aromatic N) is 7. The number of likely N-dealkylation sites (tertiary alicyclic amines) is 2. The predicted molar refractivity (Wildman–Crippen MR) is 226 cm³/mol. The van der Waals surface area contributed by atoms with Crippen molar-refractivity contribution in [3.63, 3.8) is 0 Å². The molecule has 3 aromatic heterocycles. The number of piperidine rings is 3. The van der Waals surface area contributed by atoms with Crippen LogP contribution in [-0.2, 0) is 21.4 Å². The highest BCUT2D eigenvalue weighted by Crippen LogP contribution is 2.36. The normalized spacial score (nSPS) is 22.2. The summed E-state index contributed by atoms with van der Waals surface area (Å²) in [6, 6.07) is 18.7. The number of carbonyl (C=O) groups excluding carboxylic acids is 3. The van der Waals surface area contributed by atoms with E-state index in [1.54, 1.807) is 42.6 Å². The van der Waals surface area contributed by atoms with E-state index in [9.17, 15) is 19.2 Å². The molecule has 2 N–H and O–H groups in total. The lowest BCUT2D eigenvalue weighted by Gasteiger charge is -2.39. The number of pyridine rings is 1. The van der Waals surface area contributed by atoms with Gasteiger partial charge in [0.1, 0.15) is 5.69 Å². The van der Waals surface area contributed by atoms with Crippen LogP contribution in [0.2, 0.25) is 0 Å². The molecule has 3 saturated heterocycles. The molecule has 5 aromatic rings. The Kier molecular flexibility index (Phi) is 11.3. The van der Waals surface area contributed by atoms with Gasteiger partial charge < -0.3 is 15.1 Å². The molecule has 312 valence electrons. The molecule has 9 rings (SSSR count). The Morgan fingerprint density at radius 3 is 2.45 bits per heavy atom. The van der Waals surface area contributed by atoms with Crippen molar-refractivity contribution in [2.75, 3.05) is 38.0 Å². The van der Waals surface area contributed by atoms with Gasteiger partial charge in [0.15, 0.2) is 5.82 Å². The second-order valence-electron chi connectivity index (χ2n) is 17.2. The van der Waals surface area contributed by atoms with Crippen molar-refractivity contribution in [2.24, 2.45) is 18.9 Å². The Balaban J connectivity index is 0.721. The third-order valence-electron chi connectivity index (χ3n) is 13.3. The Bertz CT molecular complexity index is 2460. The van der Waals surface area contributed by atoms with Crippen LogP contribution in [0.3, 0.4) is 0 Å². The molecule has 0 bridgehead atoms. The van der Waals surface area contributed by atoms with E-state index in [2.05, 4.69) is 48.6 Å². The maximum atomic E-state index is 15.0. The maximum Gasteiger partial charge on any atom is 0.255 e. The first-order valence-corrected chi connectivity index (χ1v) is 21.6. The first-order chi connectivity index (χ1) is 29.2. The van der Waals surface area contributed by atoms with Gasteiger partial charge in [-0.25, -0.2) is 14.4 Å². The number of nitrogens with one attached hydrogen (secondary N) is 2. The number of carbonyl (C=O) groups is 3. The molecule has 1 saturated carbocycles. The third kappa shape index (κ3) is 8.34. The van der Waals surface area contributed by atoms with Gasteiger partial charge in [0.2, 0.25) is 23.7 Å². The molecular weight excluding hydrogens is 762 g/mol. The molecule has 6 heterocycles. The second kappa shape index (κ2) is 17.1. The minimum absolute atomic E-state index is 0.0158. The average Bonchev–Trinajstić information content (AvgIpc) is 3.59. The number of rotatable bonds is 9. The Morgan fingerprint density at radius 2 is 1.68 bits per heavy atom. The number of fused-ring (bicyclic) bond motifs is 1. The average molecular weight is 814 g/mol. The molecule has 3 amide bonds. The van der Waals surface area contributed by atoms with Crippen molar-refractivity contribution in [1.82, 2.24) is 39.4 Å². The van der Waals surface area contributed by atoms with E-state index >= 15 is 4.39 Å². The molecule has 0 unspecified atom stereocenters. The van der Waals surface area contributed by atoms with Crippen molar-refractivity contribution in [2.45, 2.75) is 82.1 Å². The van der Waals surface area contributed by atoms with Crippen LogP contribution in [0.25, 0.3) is 27.8 Å². The molecule has 0 radical (unpaired) electrons. The van der Waals surface area contributed by atoms with Gasteiger partial charge in [-0.05, 0) is 113 Å². The van der Waals surface area contributed by atoms with Crippen LogP contribution in [0.1, 0.15) is 87.3 Å². The van der Waals surface area contributed by atoms with E-state index in [1.807, 2.05) is 11.7 Å². The number of aromatic nitrogens is 5. The summed E-state index contributed by atoms with van der Waals surface area (Å²) in [5.74, 6) is 0.296. The molecule has 0 spiro atoms. The largest absolute Gasteiger partial charge is 0.351 e. The van der Waals surface area contributed by atoms with Crippen LogP contribution in [0.4, 0.5) is 10.3 Å². The van der Waals surface area contributed by atoms with Crippen molar-refractivity contribution in [3.8, 4) is 16.9 Å². The molecule has 2 aromatic carbocycles. The van der Waals surface area contributed by atoms with E-state index in [0.29, 0.717) is 41.9 Å². The molecule has 1 atom stereocenters. The van der Waals surface area contributed by atoms with Gasteiger partial charge in [-0.2, -0.15) is 5.10 Å². The standard InChI is InChI=1S/C46H52FN9O4/c1-53-39-26-32(10-13-36(39)43(52-53)37-14-15-40(57)50-44(37)59)30-18-21-54(22-19-30)28-29-16-23-55(24-17-29)45(60)31-8-11-34(12-9-31)49-46-48-27-38(47)42(51-46)33-5-4-6-35(25-33)56-20-3-2-7-41(56)58/h2-7,10,13,20,25-27,29-31,34,37H,8-9,11-12,14-19,21-24,28H2,1H3,(H,48,49,51)(H,50,57,59)/t31?,34?,37-/m1/s1. The second-order valence-corrected chi connectivity index (χ2v) is 17.2. The van der Waals surface area contributed by atoms with Crippen LogP contribution >= 0.6 is 0 Å². The molecule has 4 aliphatic rings. The molecule has 4 fully saturated rings. The number of hydrogen-bond donors (Lipinski definition) is 2. The van der Waals surface area contributed by atoms with Crippen molar-refractivity contribution >= 4 is 34.6 Å². The first-order valence-electron chi connectivity index (χ1n) is 21.6. The number of hydrogen-bond acceptors (Lipinski definition) is 9. The minimum atomic E-state index is -0.540. The summed E-state index contributed by atoms with van der Waals surface area (Å²) in [5, 5.41) is 11.6. The lowest BCUT2D eigenvalue weighted by molar-refractivity contribution is -0.138. The molecule has 1 aliphatic carbocycles. The Morgan fingerprint density at radius 1 is 0.883 bits per heavy atom. The fourth-order valence-electron chi connectivity index (χ4n) is 9.93. The molecule has 14 heteroatoms. The zero-order chi connectivity index (χ0) is 41.3. The molecule has 3 aliphatic heterocycles. The van der Waals surface area contributed by atoms with E-state index in [1.165, 1.54) is 22.4 Å². The monoisotopic (exact) mass is 813 g/mol. The van der Waals surface area contributed by atoms with Gasteiger partial charge in [0.05, 0.1) is 23.3 Å². The van der Waals surface area contributed by atoms with Crippen molar-refractivity contribution in [1.29, 1.82) is 0 Å².